The van der Waals surface area contributed by atoms with E-state index in [1.165, 1.54) is 0 Å². The second kappa shape index (κ2) is 8.43. The van der Waals surface area contributed by atoms with Crippen LogP contribution < -0.4 is 4.74 Å². The number of benzene rings is 1. The number of methoxy groups -OCH3 is 1. The molecule has 1 atom stereocenters. The number of rotatable bonds is 6. The van der Waals surface area contributed by atoms with Gasteiger partial charge in [0.1, 0.15) is 5.75 Å². The molecule has 0 spiro atoms. The van der Waals surface area contributed by atoms with Crippen LogP contribution in [-0.2, 0) is 4.79 Å². The summed E-state index contributed by atoms with van der Waals surface area (Å²) in [5.41, 5.74) is 1.90. The minimum Gasteiger partial charge on any atom is -0.496 e. The number of aromatic nitrogens is 1. The van der Waals surface area contributed by atoms with Crippen LogP contribution in [0.15, 0.2) is 29.6 Å². The van der Waals surface area contributed by atoms with E-state index in [2.05, 4.69) is 5.38 Å². The Kier molecular flexibility index (Phi) is 6.02. The highest BCUT2D eigenvalue weighted by Crippen LogP contribution is 2.35. The third-order valence-electron chi connectivity index (χ3n) is 4.55. The molecule has 1 aromatic carbocycles. The summed E-state index contributed by atoms with van der Waals surface area (Å²) in [5, 5.41) is 3.11. The second-order valence-corrected chi connectivity index (χ2v) is 7.13. The first-order valence-corrected chi connectivity index (χ1v) is 9.53. The van der Waals surface area contributed by atoms with E-state index in [1.54, 1.807) is 18.4 Å². The lowest BCUT2D eigenvalue weighted by atomic mass is 9.98. The molecule has 1 aliphatic rings. The average Bonchev–Trinajstić information content (AvgIpc) is 3.16. The van der Waals surface area contributed by atoms with E-state index in [0.717, 1.165) is 41.4 Å². The quantitative estimate of drug-likeness (QED) is 0.770. The van der Waals surface area contributed by atoms with Crippen LogP contribution in [0.5, 0.6) is 5.75 Å². The first kappa shape index (κ1) is 17.9. The number of alkyl halides is 1. The maximum Gasteiger partial charge on any atom is 0.222 e. The van der Waals surface area contributed by atoms with Crippen LogP contribution in [0.2, 0.25) is 0 Å². The number of para-hydroxylation sites is 1. The Balaban J connectivity index is 1.72. The van der Waals surface area contributed by atoms with Crippen LogP contribution in [0.4, 0.5) is 4.39 Å². The van der Waals surface area contributed by atoms with Crippen molar-refractivity contribution in [2.75, 3.05) is 26.9 Å². The first-order chi connectivity index (χ1) is 12.2. The van der Waals surface area contributed by atoms with Crippen LogP contribution in [-0.4, -0.2) is 42.7 Å². The van der Waals surface area contributed by atoms with Crippen LogP contribution in [0.25, 0.3) is 11.3 Å². The Morgan fingerprint density at radius 1 is 1.44 bits per heavy atom. The summed E-state index contributed by atoms with van der Waals surface area (Å²) in [5.74, 6) is 1.13. The molecular formula is C19H23FN2O2S. The van der Waals surface area contributed by atoms with E-state index in [1.807, 2.05) is 29.2 Å². The lowest BCUT2D eigenvalue weighted by molar-refractivity contribution is -0.132. The molecule has 1 saturated heterocycles. The molecule has 1 aromatic heterocycles. The monoisotopic (exact) mass is 362 g/mol. The SMILES string of the molecule is COc1ccccc1-c1csc([C@@H]2CCCN(C(=O)CCCF)C2)n1. The molecule has 0 saturated carbocycles. The minimum absolute atomic E-state index is 0.0591. The lowest BCUT2D eigenvalue weighted by Gasteiger charge is -2.31. The maximum absolute atomic E-state index is 12.3. The van der Waals surface area contributed by atoms with E-state index < -0.39 is 6.67 Å². The summed E-state index contributed by atoms with van der Waals surface area (Å²) in [6.07, 6.45) is 2.62. The number of hydrogen-bond acceptors (Lipinski definition) is 4. The van der Waals surface area contributed by atoms with Crippen molar-refractivity contribution in [3.63, 3.8) is 0 Å². The molecule has 0 radical (unpaired) electrons. The number of carbonyl (C=O) groups excluding carboxylic acids is 1. The molecule has 3 rings (SSSR count). The molecule has 134 valence electrons. The normalized spacial score (nSPS) is 17.5. The summed E-state index contributed by atoms with van der Waals surface area (Å²) in [4.78, 5) is 18.8. The van der Waals surface area contributed by atoms with Gasteiger partial charge in [-0.15, -0.1) is 11.3 Å². The Labute approximate surface area is 151 Å². The smallest absolute Gasteiger partial charge is 0.222 e. The van der Waals surface area contributed by atoms with Gasteiger partial charge < -0.3 is 9.64 Å². The Hall–Kier alpha value is -1.95. The molecule has 2 heterocycles. The number of thiazole rings is 1. The number of likely N-dealkylation sites (tertiary alicyclic amines) is 1. The van der Waals surface area contributed by atoms with Crippen molar-refractivity contribution in [3.05, 3.63) is 34.7 Å². The molecule has 4 nitrogen and oxygen atoms in total. The van der Waals surface area contributed by atoms with E-state index in [0.29, 0.717) is 19.4 Å². The van der Waals surface area contributed by atoms with Gasteiger partial charge in [0.15, 0.2) is 0 Å². The van der Waals surface area contributed by atoms with Crippen molar-refractivity contribution in [3.8, 4) is 17.0 Å². The van der Waals surface area contributed by atoms with Gasteiger partial charge in [0.2, 0.25) is 5.91 Å². The second-order valence-electron chi connectivity index (χ2n) is 6.24. The van der Waals surface area contributed by atoms with Gasteiger partial charge in [-0.3, -0.25) is 9.18 Å². The number of ether oxygens (including phenoxy) is 1. The molecule has 6 heteroatoms. The van der Waals surface area contributed by atoms with Gasteiger partial charge in [0, 0.05) is 36.4 Å². The molecule has 1 aliphatic heterocycles. The Bertz CT molecular complexity index is 719. The summed E-state index contributed by atoms with van der Waals surface area (Å²) in [7, 11) is 1.66. The third-order valence-corrected chi connectivity index (χ3v) is 5.56. The zero-order valence-corrected chi connectivity index (χ0v) is 15.2. The Morgan fingerprint density at radius 2 is 2.28 bits per heavy atom. The fraction of sp³-hybridized carbons (Fsp3) is 0.474. The van der Waals surface area contributed by atoms with Gasteiger partial charge in [-0.2, -0.15) is 0 Å². The predicted molar refractivity (Wildman–Crippen MR) is 97.9 cm³/mol. The van der Waals surface area contributed by atoms with Gasteiger partial charge in [-0.1, -0.05) is 12.1 Å². The highest BCUT2D eigenvalue weighted by molar-refractivity contribution is 7.10. The average molecular weight is 362 g/mol. The molecule has 0 N–H and O–H groups in total. The van der Waals surface area contributed by atoms with E-state index in [-0.39, 0.29) is 11.8 Å². The zero-order chi connectivity index (χ0) is 17.6. The molecule has 1 fully saturated rings. The molecule has 1 amide bonds. The van der Waals surface area contributed by atoms with Crippen molar-refractivity contribution in [2.24, 2.45) is 0 Å². The number of amides is 1. The predicted octanol–water partition coefficient (Wildman–Crippen LogP) is 4.27. The fourth-order valence-corrected chi connectivity index (χ4v) is 4.18. The van der Waals surface area contributed by atoms with Crippen molar-refractivity contribution in [1.82, 2.24) is 9.88 Å². The van der Waals surface area contributed by atoms with Crippen LogP contribution in [0.3, 0.4) is 0 Å². The summed E-state index contributed by atoms with van der Waals surface area (Å²) in [6, 6.07) is 7.85. The largest absolute Gasteiger partial charge is 0.496 e. The molecule has 25 heavy (non-hydrogen) atoms. The number of nitrogens with zero attached hydrogens (tertiary/aromatic N) is 2. The fourth-order valence-electron chi connectivity index (χ4n) is 3.24. The minimum atomic E-state index is -0.433. The third kappa shape index (κ3) is 4.18. The van der Waals surface area contributed by atoms with Crippen LogP contribution in [0, 0.1) is 0 Å². The van der Waals surface area contributed by atoms with E-state index in [9.17, 15) is 9.18 Å². The van der Waals surface area contributed by atoms with Crippen molar-refractivity contribution < 1.29 is 13.9 Å². The first-order valence-electron chi connectivity index (χ1n) is 8.65. The van der Waals surface area contributed by atoms with Crippen molar-refractivity contribution in [1.29, 1.82) is 0 Å². The van der Waals surface area contributed by atoms with Gasteiger partial charge >= 0.3 is 0 Å². The number of carbonyl (C=O) groups is 1. The van der Waals surface area contributed by atoms with E-state index in [4.69, 9.17) is 9.72 Å². The molecule has 0 bridgehead atoms. The molecule has 0 aliphatic carbocycles. The van der Waals surface area contributed by atoms with Gasteiger partial charge in [-0.25, -0.2) is 4.98 Å². The van der Waals surface area contributed by atoms with Crippen LogP contribution >= 0.6 is 11.3 Å². The molecule has 0 unspecified atom stereocenters. The molecular weight excluding hydrogens is 339 g/mol. The highest BCUT2D eigenvalue weighted by atomic mass is 32.1. The van der Waals surface area contributed by atoms with Gasteiger partial charge in [-0.05, 0) is 31.4 Å². The summed E-state index contributed by atoms with van der Waals surface area (Å²) >= 11 is 1.64. The zero-order valence-electron chi connectivity index (χ0n) is 14.4. The number of hydrogen-bond donors (Lipinski definition) is 0. The van der Waals surface area contributed by atoms with Crippen molar-refractivity contribution in [2.45, 2.75) is 31.6 Å². The van der Waals surface area contributed by atoms with E-state index >= 15 is 0 Å². The summed E-state index contributed by atoms with van der Waals surface area (Å²) < 4.78 is 17.7. The Morgan fingerprint density at radius 3 is 3.08 bits per heavy atom. The number of halogens is 1. The van der Waals surface area contributed by atoms with Gasteiger partial charge in [0.25, 0.3) is 0 Å². The highest BCUT2D eigenvalue weighted by Gasteiger charge is 2.26. The molecule has 2 aromatic rings. The van der Waals surface area contributed by atoms with Crippen molar-refractivity contribution >= 4 is 17.2 Å². The van der Waals surface area contributed by atoms with Crippen LogP contribution in [0.1, 0.15) is 36.6 Å². The summed E-state index contributed by atoms with van der Waals surface area (Å²) in [6.45, 7) is 1.02. The standard InChI is InChI=1S/C19H23FN2O2S/c1-24-17-8-3-2-7-15(17)16-13-25-19(21-16)14-6-5-11-22(12-14)18(23)9-4-10-20/h2-3,7-8,13-14H,4-6,9-12H2,1H3/t14-/m1/s1. The number of piperidine rings is 1. The maximum atomic E-state index is 12.3. The van der Waals surface area contributed by atoms with Gasteiger partial charge in [0.05, 0.1) is 24.5 Å². The topological polar surface area (TPSA) is 42.4 Å². The lowest BCUT2D eigenvalue weighted by Crippen LogP contribution is -2.39.